The number of anilines is 1. The molecule has 0 heterocycles. The zero-order valence-electron chi connectivity index (χ0n) is 15.8. The Kier molecular flexibility index (Phi) is 7.08. The predicted molar refractivity (Wildman–Crippen MR) is 105 cm³/mol. The van der Waals surface area contributed by atoms with E-state index in [1.54, 1.807) is 30.3 Å². The van der Waals surface area contributed by atoms with Gasteiger partial charge in [-0.05, 0) is 50.2 Å². The van der Waals surface area contributed by atoms with Crippen LogP contribution >= 0.6 is 0 Å². The molecule has 0 saturated heterocycles. The van der Waals surface area contributed by atoms with E-state index in [4.69, 9.17) is 9.88 Å². The number of carbonyl (C=O) groups excluding carboxylic acids is 3. The van der Waals surface area contributed by atoms with E-state index in [9.17, 15) is 22.8 Å². The van der Waals surface area contributed by atoms with Gasteiger partial charge in [-0.3, -0.25) is 9.59 Å². The van der Waals surface area contributed by atoms with Crippen LogP contribution in [0.2, 0.25) is 0 Å². The van der Waals surface area contributed by atoms with Gasteiger partial charge in [0.2, 0.25) is 10.0 Å². The molecule has 2 rings (SSSR count). The quantitative estimate of drug-likeness (QED) is 0.572. The van der Waals surface area contributed by atoms with Crippen molar-refractivity contribution in [2.24, 2.45) is 5.14 Å². The minimum Gasteiger partial charge on any atom is -0.451 e. The Bertz CT molecular complexity index is 990. The Morgan fingerprint density at radius 2 is 1.55 bits per heavy atom. The highest BCUT2D eigenvalue weighted by molar-refractivity contribution is 7.89. The van der Waals surface area contributed by atoms with Gasteiger partial charge in [0.25, 0.3) is 11.8 Å². The molecule has 10 heteroatoms. The highest BCUT2D eigenvalue weighted by Crippen LogP contribution is 2.13. The number of esters is 1. The van der Waals surface area contributed by atoms with E-state index in [1.807, 2.05) is 0 Å². The Balaban J connectivity index is 1.89. The fourth-order valence-electron chi connectivity index (χ4n) is 2.23. The summed E-state index contributed by atoms with van der Waals surface area (Å²) >= 11 is 0. The second-order valence-electron chi connectivity index (χ2n) is 6.20. The maximum Gasteiger partial charge on any atom is 0.329 e. The van der Waals surface area contributed by atoms with Gasteiger partial charge >= 0.3 is 5.97 Å². The Labute approximate surface area is 168 Å². The van der Waals surface area contributed by atoms with E-state index in [0.717, 1.165) is 0 Å². The lowest BCUT2D eigenvalue weighted by molar-refractivity contribution is -0.154. The second kappa shape index (κ2) is 9.30. The van der Waals surface area contributed by atoms with E-state index in [2.05, 4.69) is 10.6 Å². The van der Waals surface area contributed by atoms with Crippen molar-refractivity contribution in [1.82, 2.24) is 5.32 Å². The van der Waals surface area contributed by atoms with Crippen molar-refractivity contribution in [2.45, 2.75) is 30.9 Å². The molecule has 0 radical (unpaired) electrons. The molecular formula is C19H21N3O6S. The molecule has 154 valence electrons. The standard InChI is InChI=1S/C19H21N3O6S/c1-12(21-18(24)14-6-4-3-5-7-14)19(25)28-13(2)17(23)22-15-8-10-16(11-9-15)29(20,26)27/h3-13H,1-2H3,(H,21,24)(H,22,23)(H2,20,26,27)/t12-,13-/m0/s1. The lowest BCUT2D eigenvalue weighted by Gasteiger charge is -2.17. The molecule has 0 aliphatic heterocycles. The molecule has 0 saturated carbocycles. The first kappa shape index (κ1) is 22.1. The minimum atomic E-state index is -3.84. The summed E-state index contributed by atoms with van der Waals surface area (Å²) in [6.07, 6.45) is -1.14. The van der Waals surface area contributed by atoms with E-state index >= 15 is 0 Å². The summed E-state index contributed by atoms with van der Waals surface area (Å²) in [5.74, 6) is -1.84. The van der Waals surface area contributed by atoms with Crippen molar-refractivity contribution in [1.29, 1.82) is 0 Å². The monoisotopic (exact) mass is 419 g/mol. The largest absolute Gasteiger partial charge is 0.451 e. The number of amides is 2. The van der Waals surface area contributed by atoms with Crippen molar-refractivity contribution in [3.63, 3.8) is 0 Å². The molecular weight excluding hydrogens is 398 g/mol. The van der Waals surface area contributed by atoms with Gasteiger partial charge in [-0.25, -0.2) is 18.4 Å². The Morgan fingerprint density at radius 1 is 0.966 bits per heavy atom. The van der Waals surface area contributed by atoms with Gasteiger partial charge in [0, 0.05) is 11.3 Å². The molecule has 2 atom stereocenters. The van der Waals surface area contributed by atoms with Gasteiger partial charge < -0.3 is 15.4 Å². The summed E-state index contributed by atoms with van der Waals surface area (Å²) in [7, 11) is -3.84. The molecule has 2 aromatic rings. The average molecular weight is 419 g/mol. The van der Waals surface area contributed by atoms with Crippen LogP contribution in [0.25, 0.3) is 0 Å². The lowest BCUT2D eigenvalue weighted by atomic mass is 10.2. The summed E-state index contributed by atoms with van der Waals surface area (Å²) in [5, 5.41) is 10.00. The van der Waals surface area contributed by atoms with Gasteiger partial charge in [-0.1, -0.05) is 18.2 Å². The normalized spacial score (nSPS) is 13.1. The zero-order chi connectivity index (χ0) is 21.6. The van der Waals surface area contributed by atoms with Gasteiger partial charge in [0.15, 0.2) is 6.10 Å². The fraction of sp³-hybridized carbons (Fsp3) is 0.211. The van der Waals surface area contributed by atoms with E-state index in [1.165, 1.54) is 38.1 Å². The first-order valence-corrected chi connectivity index (χ1v) is 10.1. The Morgan fingerprint density at radius 3 is 2.10 bits per heavy atom. The van der Waals surface area contributed by atoms with Crippen molar-refractivity contribution >= 4 is 33.5 Å². The van der Waals surface area contributed by atoms with Crippen molar-refractivity contribution in [3.8, 4) is 0 Å². The summed E-state index contributed by atoms with van der Waals surface area (Å²) in [6, 6.07) is 12.6. The molecule has 0 fully saturated rings. The van der Waals surface area contributed by atoms with Crippen LogP contribution in [0.5, 0.6) is 0 Å². The van der Waals surface area contributed by atoms with Gasteiger partial charge in [-0.2, -0.15) is 0 Å². The van der Waals surface area contributed by atoms with Crippen molar-refractivity contribution in [3.05, 3.63) is 60.2 Å². The van der Waals surface area contributed by atoms with Gasteiger partial charge in [0.1, 0.15) is 6.04 Å². The number of nitrogens with one attached hydrogen (secondary N) is 2. The number of carbonyl (C=O) groups is 3. The van der Waals surface area contributed by atoms with Gasteiger partial charge in [-0.15, -0.1) is 0 Å². The average Bonchev–Trinajstić information content (AvgIpc) is 2.68. The van der Waals surface area contributed by atoms with E-state index in [-0.39, 0.29) is 4.90 Å². The summed E-state index contributed by atoms with van der Waals surface area (Å²) < 4.78 is 27.5. The van der Waals surface area contributed by atoms with Crippen LogP contribution in [0, 0.1) is 0 Å². The third-order valence-corrected chi connectivity index (χ3v) is 4.78. The van der Waals surface area contributed by atoms with Crippen LogP contribution in [0.4, 0.5) is 5.69 Å². The van der Waals surface area contributed by atoms with E-state index in [0.29, 0.717) is 11.3 Å². The van der Waals surface area contributed by atoms with Crippen LogP contribution in [0.3, 0.4) is 0 Å². The zero-order valence-corrected chi connectivity index (χ0v) is 16.6. The number of hydrogen-bond donors (Lipinski definition) is 3. The topological polar surface area (TPSA) is 145 Å². The second-order valence-corrected chi connectivity index (χ2v) is 7.76. The highest BCUT2D eigenvalue weighted by Gasteiger charge is 2.23. The molecule has 4 N–H and O–H groups in total. The number of ether oxygens (including phenoxy) is 1. The molecule has 0 aromatic heterocycles. The lowest BCUT2D eigenvalue weighted by Crippen LogP contribution is -2.42. The molecule has 0 aliphatic carbocycles. The number of primary sulfonamides is 1. The molecule has 0 aliphatic rings. The molecule has 0 spiro atoms. The Hall–Kier alpha value is -3.24. The summed E-state index contributed by atoms with van der Waals surface area (Å²) in [6.45, 7) is 2.82. The van der Waals surface area contributed by atoms with Crippen LogP contribution in [0.1, 0.15) is 24.2 Å². The van der Waals surface area contributed by atoms with Crippen LogP contribution in [0.15, 0.2) is 59.5 Å². The maximum absolute atomic E-state index is 12.2. The third kappa shape index (κ3) is 6.40. The van der Waals surface area contributed by atoms with Gasteiger partial charge in [0.05, 0.1) is 4.90 Å². The van der Waals surface area contributed by atoms with Crippen LogP contribution in [-0.2, 0) is 24.3 Å². The molecule has 2 amide bonds. The first-order valence-electron chi connectivity index (χ1n) is 8.58. The van der Waals surface area contributed by atoms with Crippen molar-refractivity contribution in [2.75, 3.05) is 5.32 Å². The van der Waals surface area contributed by atoms with Crippen LogP contribution in [-0.4, -0.2) is 38.3 Å². The molecule has 9 nitrogen and oxygen atoms in total. The SMILES string of the molecule is C[C@H](NC(=O)c1ccccc1)C(=O)O[C@@H](C)C(=O)Nc1ccc(S(N)(=O)=O)cc1. The number of sulfonamides is 1. The third-order valence-electron chi connectivity index (χ3n) is 3.85. The molecule has 2 aromatic carbocycles. The predicted octanol–water partition coefficient (Wildman–Crippen LogP) is 1.02. The number of nitrogens with two attached hydrogens (primary N) is 1. The minimum absolute atomic E-state index is 0.0991. The smallest absolute Gasteiger partial charge is 0.329 e. The molecule has 0 unspecified atom stereocenters. The summed E-state index contributed by atoms with van der Waals surface area (Å²) in [5.41, 5.74) is 0.691. The number of hydrogen-bond acceptors (Lipinski definition) is 6. The fourth-order valence-corrected chi connectivity index (χ4v) is 2.75. The summed E-state index contributed by atoms with van der Waals surface area (Å²) in [4.78, 5) is 36.3. The molecule has 0 bridgehead atoms. The van der Waals surface area contributed by atoms with Crippen LogP contribution < -0.4 is 15.8 Å². The number of rotatable bonds is 7. The van der Waals surface area contributed by atoms with E-state index < -0.39 is 40.0 Å². The number of benzene rings is 2. The highest BCUT2D eigenvalue weighted by atomic mass is 32.2. The van der Waals surface area contributed by atoms with Crippen molar-refractivity contribution < 1.29 is 27.5 Å². The molecule has 29 heavy (non-hydrogen) atoms. The maximum atomic E-state index is 12.2. The first-order chi connectivity index (χ1) is 13.6.